The van der Waals surface area contributed by atoms with Gasteiger partial charge in [0.2, 0.25) is 5.69 Å². The average Bonchev–Trinajstić information content (AvgIpc) is 3.12. The van der Waals surface area contributed by atoms with Crippen molar-refractivity contribution in [2.75, 3.05) is 6.61 Å². The van der Waals surface area contributed by atoms with E-state index in [1.807, 2.05) is 12.1 Å². The number of nitrogens with zero attached hydrogens (tertiary/aromatic N) is 3. The number of benzene rings is 2. The lowest BCUT2D eigenvalue weighted by Crippen LogP contribution is -2.33. The molecule has 1 aliphatic heterocycles. The van der Waals surface area contributed by atoms with Crippen LogP contribution in [0, 0.1) is 11.3 Å². The van der Waals surface area contributed by atoms with Gasteiger partial charge in [0.05, 0.1) is 12.3 Å². The maximum Gasteiger partial charge on any atom is 0.349 e. The van der Waals surface area contributed by atoms with Crippen LogP contribution in [-0.2, 0) is 12.8 Å². The van der Waals surface area contributed by atoms with E-state index in [0.717, 1.165) is 28.0 Å². The molecule has 0 saturated heterocycles. The fourth-order valence-corrected chi connectivity index (χ4v) is 4.07. The molecule has 1 N–H and O–H groups in total. The third kappa shape index (κ3) is 3.35. The van der Waals surface area contributed by atoms with Crippen LogP contribution in [0.3, 0.4) is 0 Å². The topological polar surface area (TPSA) is 101 Å². The summed E-state index contributed by atoms with van der Waals surface area (Å²) in [5.41, 5.74) is 1.46. The second kappa shape index (κ2) is 7.26. The van der Waals surface area contributed by atoms with Crippen LogP contribution in [0.2, 0.25) is 5.02 Å². The van der Waals surface area contributed by atoms with Crippen molar-refractivity contribution in [3.05, 3.63) is 83.0 Å². The second-order valence-electron chi connectivity index (χ2n) is 6.24. The van der Waals surface area contributed by atoms with Crippen molar-refractivity contribution in [3.63, 3.8) is 0 Å². The summed E-state index contributed by atoms with van der Waals surface area (Å²) in [6.45, 7) is 0.698. The van der Waals surface area contributed by atoms with E-state index in [4.69, 9.17) is 21.6 Å². The van der Waals surface area contributed by atoms with Gasteiger partial charge in [0, 0.05) is 22.3 Å². The van der Waals surface area contributed by atoms with E-state index in [9.17, 15) is 9.59 Å². The normalized spacial score (nSPS) is 12.3. The number of nitriles is 1. The highest BCUT2D eigenvalue weighted by Gasteiger charge is 2.16. The maximum absolute atomic E-state index is 12.1. The molecule has 28 heavy (non-hydrogen) atoms. The van der Waals surface area contributed by atoms with E-state index in [0.29, 0.717) is 28.2 Å². The SMILES string of the molecule is N#Cc1nn(-c2cc(Cl)c(Cc3ccc4c(c3)CCO4)c(Br)c2)c(=O)[nH]c1=O. The molecule has 0 bridgehead atoms. The van der Waals surface area contributed by atoms with Gasteiger partial charge in [0.25, 0.3) is 5.56 Å². The highest BCUT2D eigenvalue weighted by molar-refractivity contribution is 9.10. The van der Waals surface area contributed by atoms with Gasteiger partial charge in [0.1, 0.15) is 11.8 Å². The molecule has 0 saturated carbocycles. The molecular formula is C19H12BrClN4O3. The summed E-state index contributed by atoms with van der Waals surface area (Å²) < 4.78 is 7.15. The zero-order valence-corrected chi connectivity index (χ0v) is 16.7. The number of ether oxygens (including phenoxy) is 1. The molecular weight excluding hydrogens is 448 g/mol. The molecule has 0 unspecified atom stereocenters. The number of nitrogens with one attached hydrogen (secondary N) is 1. The number of halogens is 2. The standard InChI is InChI=1S/C19H12BrClN4O3/c20-14-7-12(25-19(27)23-18(26)16(9-22)24-25)8-15(21)13(14)6-10-1-2-17-11(5-10)3-4-28-17/h1-2,5,7-8H,3-4,6H2,(H,23,26,27). The van der Waals surface area contributed by atoms with E-state index in [1.54, 1.807) is 18.2 Å². The van der Waals surface area contributed by atoms with E-state index in [2.05, 4.69) is 32.1 Å². The van der Waals surface area contributed by atoms with Crippen molar-refractivity contribution in [2.24, 2.45) is 0 Å². The molecule has 2 aromatic carbocycles. The Morgan fingerprint density at radius 1 is 1.32 bits per heavy atom. The van der Waals surface area contributed by atoms with Crippen molar-refractivity contribution in [2.45, 2.75) is 12.8 Å². The number of hydrogen-bond donors (Lipinski definition) is 1. The van der Waals surface area contributed by atoms with Crippen LogP contribution in [0.5, 0.6) is 5.75 Å². The first-order chi connectivity index (χ1) is 13.5. The fraction of sp³-hybridized carbons (Fsp3) is 0.158. The number of aromatic nitrogens is 3. The molecule has 1 aliphatic rings. The number of rotatable bonds is 3. The van der Waals surface area contributed by atoms with Gasteiger partial charge in [-0.05, 0) is 34.9 Å². The highest BCUT2D eigenvalue weighted by Crippen LogP contribution is 2.32. The molecule has 9 heteroatoms. The zero-order valence-electron chi connectivity index (χ0n) is 14.3. The Bertz CT molecular complexity index is 1240. The molecule has 0 radical (unpaired) electrons. The lowest BCUT2D eigenvalue weighted by Gasteiger charge is -2.12. The minimum atomic E-state index is -0.828. The monoisotopic (exact) mass is 458 g/mol. The van der Waals surface area contributed by atoms with Crippen molar-refractivity contribution in [3.8, 4) is 17.5 Å². The largest absolute Gasteiger partial charge is 0.493 e. The van der Waals surface area contributed by atoms with Crippen LogP contribution in [0.1, 0.15) is 22.4 Å². The summed E-state index contributed by atoms with van der Waals surface area (Å²) in [6.07, 6.45) is 1.48. The Kier molecular flexibility index (Phi) is 4.79. The second-order valence-corrected chi connectivity index (χ2v) is 7.50. The van der Waals surface area contributed by atoms with E-state index >= 15 is 0 Å². The Morgan fingerprint density at radius 3 is 2.89 bits per heavy atom. The van der Waals surface area contributed by atoms with Gasteiger partial charge in [-0.25, -0.2) is 4.79 Å². The minimum absolute atomic E-state index is 0.334. The Hall–Kier alpha value is -2.89. The van der Waals surface area contributed by atoms with Crippen molar-refractivity contribution >= 4 is 27.5 Å². The summed E-state index contributed by atoms with van der Waals surface area (Å²) in [7, 11) is 0. The van der Waals surface area contributed by atoms with Gasteiger partial charge in [-0.3, -0.25) is 9.78 Å². The first-order valence-corrected chi connectivity index (χ1v) is 9.50. The third-order valence-electron chi connectivity index (χ3n) is 4.44. The molecule has 4 rings (SSSR count). The van der Waals surface area contributed by atoms with Crippen LogP contribution >= 0.6 is 27.5 Å². The number of hydrogen-bond acceptors (Lipinski definition) is 5. The van der Waals surface area contributed by atoms with Crippen molar-refractivity contribution in [1.82, 2.24) is 14.8 Å². The summed E-state index contributed by atoms with van der Waals surface area (Å²) in [4.78, 5) is 25.7. The Balaban J connectivity index is 1.73. The Morgan fingerprint density at radius 2 is 2.14 bits per heavy atom. The molecule has 0 fully saturated rings. The molecule has 140 valence electrons. The summed E-state index contributed by atoms with van der Waals surface area (Å²) in [6, 6.07) is 11.0. The quantitative estimate of drug-likeness (QED) is 0.649. The molecule has 3 aromatic rings. The third-order valence-corrected chi connectivity index (χ3v) is 5.48. The number of aromatic amines is 1. The molecule has 0 amide bonds. The first-order valence-electron chi connectivity index (χ1n) is 8.33. The fourth-order valence-electron chi connectivity index (χ4n) is 3.08. The van der Waals surface area contributed by atoms with Crippen LogP contribution in [0.25, 0.3) is 5.69 Å². The summed E-state index contributed by atoms with van der Waals surface area (Å²) >= 11 is 9.97. The van der Waals surface area contributed by atoms with Gasteiger partial charge >= 0.3 is 5.69 Å². The smallest absolute Gasteiger partial charge is 0.349 e. The predicted molar refractivity (Wildman–Crippen MR) is 106 cm³/mol. The summed E-state index contributed by atoms with van der Waals surface area (Å²) in [5.74, 6) is 0.918. The molecule has 7 nitrogen and oxygen atoms in total. The van der Waals surface area contributed by atoms with Crippen LogP contribution in [-0.4, -0.2) is 21.4 Å². The van der Waals surface area contributed by atoms with Gasteiger partial charge < -0.3 is 4.74 Å². The van der Waals surface area contributed by atoms with Crippen LogP contribution in [0.4, 0.5) is 0 Å². The molecule has 2 heterocycles. The van der Waals surface area contributed by atoms with Crippen molar-refractivity contribution in [1.29, 1.82) is 5.26 Å². The first kappa shape index (κ1) is 18.5. The van der Waals surface area contributed by atoms with Gasteiger partial charge in [-0.15, -0.1) is 5.10 Å². The lowest BCUT2D eigenvalue weighted by molar-refractivity contribution is 0.357. The van der Waals surface area contributed by atoms with Crippen LogP contribution < -0.4 is 16.0 Å². The van der Waals surface area contributed by atoms with Gasteiger partial charge in [0.15, 0.2) is 0 Å². The maximum atomic E-state index is 12.1. The molecule has 1 aromatic heterocycles. The number of H-pyrrole nitrogens is 1. The average molecular weight is 460 g/mol. The van der Waals surface area contributed by atoms with Crippen molar-refractivity contribution < 1.29 is 4.74 Å². The van der Waals surface area contributed by atoms with E-state index in [1.165, 1.54) is 5.56 Å². The minimum Gasteiger partial charge on any atom is -0.493 e. The molecule has 0 spiro atoms. The zero-order chi connectivity index (χ0) is 19.8. The molecule has 0 aliphatic carbocycles. The Labute approximate surface area is 172 Å². The predicted octanol–water partition coefficient (Wildman–Crippen LogP) is 2.73. The van der Waals surface area contributed by atoms with E-state index in [-0.39, 0.29) is 0 Å². The molecule has 0 atom stereocenters. The van der Waals surface area contributed by atoms with E-state index < -0.39 is 16.9 Å². The number of fused-ring (bicyclic) bond motifs is 1. The van der Waals surface area contributed by atoms with Gasteiger partial charge in [-0.2, -0.15) is 9.94 Å². The van der Waals surface area contributed by atoms with Crippen LogP contribution in [0.15, 0.2) is 44.4 Å². The highest BCUT2D eigenvalue weighted by atomic mass is 79.9. The van der Waals surface area contributed by atoms with Gasteiger partial charge in [-0.1, -0.05) is 39.7 Å². The summed E-state index contributed by atoms with van der Waals surface area (Å²) in [5, 5.41) is 13.2. The lowest BCUT2D eigenvalue weighted by atomic mass is 10.0.